The van der Waals surface area contributed by atoms with Gasteiger partial charge in [-0.2, -0.15) is 0 Å². The van der Waals surface area contributed by atoms with Crippen molar-refractivity contribution in [2.75, 3.05) is 19.8 Å². The van der Waals surface area contributed by atoms with Gasteiger partial charge in [0.25, 0.3) is 0 Å². The van der Waals surface area contributed by atoms with Crippen LogP contribution in [0.1, 0.15) is 25.7 Å². The molecule has 0 radical (unpaired) electrons. The Hall–Kier alpha value is -0.110. The summed E-state index contributed by atoms with van der Waals surface area (Å²) in [7, 11) is 0. The third kappa shape index (κ3) is 2.65. The van der Waals surface area contributed by atoms with E-state index in [1.54, 1.807) is 0 Å². The van der Waals surface area contributed by atoms with E-state index in [4.69, 9.17) is 0 Å². The molecule has 1 nitrogen and oxygen atoms in total. The molecule has 0 aromatic carbocycles. The van der Waals surface area contributed by atoms with Gasteiger partial charge in [-0.3, -0.25) is 4.39 Å². The molecule has 0 unspecified atom stereocenters. The highest BCUT2D eigenvalue weighted by atomic mass is 19.1. The van der Waals surface area contributed by atoms with E-state index in [2.05, 4.69) is 5.32 Å². The van der Waals surface area contributed by atoms with Gasteiger partial charge < -0.3 is 5.32 Å². The Bertz CT molecular complexity index is 81.3. The fourth-order valence-electron chi connectivity index (χ4n) is 1.19. The Kier molecular flexibility index (Phi) is 3.73. The molecule has 0 aliphatic heterocycles. The van der Waals surface area contributed by atoms with Crippen LogP contribution in [0.4, 0.5) is 4.39 Å². The van der Waals surface area contributed by atoms with Gasteiger partial charge in [0, 0.05) is 0 Å². The Morgan fingerprint density at radius 2 is 2.20 bits per heavy atom. The van der Waals surface area contributed by atoms with Crippen molar-refractivity contribution >= 4 is 0 Å². The van der Waals surface area contributed by atoms with Crippen LogP contribution in [0, 0.1) is 5.92 Å². The van der Waals surface area contributed by atoms with Gasteiger partial charge in [-0.1, -0.05) is 6.42 Å². The molecule has 1 rings (SSSR count). The molecule has 10 heavy (non-hydrogen) atoms. The second-order valence-electron chi connectivity index (χ2n) is 3.04. The smallest absolute Gasteiger partial charge is 0.0906 e. The van der Waals surface area contributed by atoms with Crippen LogP contribution in [0.5, 0.6) is 0 Å². The molecule has 0 saturated heterocycles. The van der Waals surface area contributed by atoms with E-state index in [-0.39, 0.29) is 6.67 Å². The summed E-state index contributed by atoms with van der Waals surface area (Å²) in [5.74, 6) is 0.902. The van der Waals surface area contributed by atoms with E-state index < -0.39 is 0 Å². The monoisotopic (exact) mass is 145 g/mol. The average Bonchev–Trinajstić information content (AvgIpc) is 1.84. The molecule has 0 atom stereocenters. The third-order valence-electron chi connectivity index (χ3n) is 2.14. The van der Waals surface area contributed by atoms with E-state index in [0.717, 1.165) is 19.0 Å². The molecule has 0 aromatic rings. The van der Waals surface area contributed by atoms with Crippen molar-refractivity contribution in [1.82, 2.24) is 5.32 Å². The highest BCUT2D eigenvalue weighted by molar-refractivity contribution is 4.71. The topological polar surface area (TPSA) is 12.0 Å². The van der Waals surface area contributed by atoms with Crippen LogP contribution in [0.3, 0.4) is 0 Å². The number of alkyl halides is 1. The summed E-state index contributed by atoms with van der Waals surface area (Å²) in [6.07, 6.45) is 4.83. The standard InChI is InChI=1S/C8H16FN/c9-5-2-6-10-7-8-3-1-4-8/h8,10H,1-7H2. The van der Waals surface area contributed by atoms with Crippen LogP contribution in [0.15, 0.2) is 0 Å². The van der Waals surface area contributed by atoms with Crippen molar-refractivity contribution in [2.45, 2.75) is 25.7 Å². The molecular formula is C8H16FN. The van der Waals surface area contributed by atoms with Gasteiger partial charge in [0.05, 0.1) is 6.67 Å². The quantitative estimate of drug-likeness (QED) is 0.581. The summed E-state index contributed by atoms with van der Waals surface area (Å²) in [6.45, 7) is 1.78. The van der Waals surface area contributed by atoms with Gasteiger partial charge >= 0.3 is 0 Å². The zero-order valence-electron chi connectivity index (χ0n) is 6.41. The third-order valence-corrected chi connectivity index (χ3v) is 2.14. The summed E-state index contributed by atoms with van der Waals surface area (Å²) < 4.78 is 11.6. The molecule has 1 aliphatic carbocycles. The molecule has 1 saturated carbocycles. The minimum atomic E-state index is -0.183. The lowest BCUT2D eigenvalue weighted by Crippen LogP contribution is -2.28. The molecule has 1 aliphatic rings. The Labute approximate surface area is 62.0 Å². The highest BCUT2D eigenvalue weighted by Gasteiger charge is 2.15. The summed E-state index contributed by atoms with van der Waals surface area (Å²) >= 11 is 0. The van der Waals surface area contributed by atoms with Crippen LogP contribution >= 0.6 is 0 Å². The maximum atomic E-state index is 11.6. The van der Waals surface area contributed by atoms with E-state index in [0.29, 0.717) is 6.42 Å². The first-order valence-electron chi connectivity index (χ1n) is 4.20. The molecule has 60 valence electrons. The summed E-state index contributed by atoms with van der Waals surface area (Å²) in [5, 5.41) is 3.25. The second kappa shape index (κ2) is 4.67. The van der Waals surface area contributed by atoms with Crippen LogP contribution in [0.25, 0.3) is 0 Å². The van der Waals surface area contributed by atoms with E-state index in [1.807, 2.05) is 0 Å². The maximum absolute atomic E-state index is 11.6. The molecule has 0 bridgehead atoms. The van der Waals surface area contributed by atoms with Crippen molar-refractivity contribution in [2.24, 2.45) is 5.92 Å². The van der Waals surface area contributed by atoms with Crippen molar-refractivity contribution < 1.29 is 4.39 Å². The number of halogens is 1. The van der Waals surface area contributed by atoms with Crippen molar-refractivity contribution in [3.05, 3.63) is 0 Å². The summed E-state index contributed by atoms with van der Waals surface area (Å²) in [6, 6.07) is 0. The normalized spacial score (nSPS) is 18.9. The zero-order chi connectivity index (χ0) is 7.23. The minimum absolute atomic E-state index is 0.183. The SMILES string of the molecule is FCCCNCC1CCC1. The lowest BCUT2D eigenvalue weighted by molar-refractivity contribution is 0.299. The first kappa shape index (κ1) is 7.99. The van der Waals surface area contributed by atoms with Crippen LogP contribution in [-0.4, -0.2) is 19.8 Å². The number of nitrogens with one attached hydrogen (secondary N) is 1. The lowest BCUT2D eigenvalue weighted by atomic mass is 9.85. The highest BCUT2D eigenvalue weighted by Crippen LogP contribution is 2.24. The molecule has 0 amide bonds. The molecule has 1 N–H and O–H groups in total. The van der Waals surface area contributed by atoms with Crippen molar-refractivity contribution in [1.29, 1.82) is 0 Å². The van der Waals surface area contributed by atoms with Gasteiger partial charge in [-0.05, 0) is 38.3 Å². The molecular weight excluding hydrogens is 129 g/mol. The first-order valence-corrected chi connectivity index (χ1v) is 4.20. The Morgan fingerprint density at radius 1 is 1.40 bits per heavy atom. The summed E-state index contributed by atoms with van der Waals surface area (Å²) in [5.41, 5.74) is 0. The average molecular weight is 145 g/mol. The van der Waals surface area contributed by atoms with Gasteiger partial charge in [0.2, 0.25) is 0 Å². The maximum Gasteiger partial charge on any atom is 0.0906 e. The first-order chi connectivity index (χ1) is 4.93. The minimum Gasteiger partial charge on any atom is -0.316 e. The Morgan fingerprint density at radius 3 is 2.70 bits per heavy atom. The molecule has 0 aromatic heterocycles. The second-order valence-corrected chi connectivity index (χ2v) is 3.04. The fourth-order valence-corrected chi connectivity index (χ4v) is 1.19. The zero-order valence-corrected chi connectivity index (χ0v) is 6.41. The number of rotatable bonds is 5. The largest absolute Gasteiger partial charge is 0.316 e. The van der Waals surface area contributed by atoms with Gasteiger partial charge in [-0.15, -0.1) is 0 Å². The van der Waals surface area contributed by atoms with Crippen LogP contribution < -0.4 is 5.32 Å². The number of hydrogen-bond donors (Lipinski definition) is 1. The lowest BCUT2D eigenvalue weighted by Gasteiger charge is -2.25. The molecule has 0 heterocycles. The molecule has 2 heteroatoms. The van der Waals surface area contributed by atoms with Crippen molar-refractivity contribution in [3.8, 4) is 0 Å². The summed E-state index contributed by atoms with van der Waals surface area (Å²) in [4.78, 5) is 0. The van der Waals surface area contributed by atoms with E-state index in [1.165, 1.54) is 19.3 Å². The van der Waals surface area contributed by atoms with Crippen LogP contribution in [-0.2, 0) is 0 Å². The molecule has 1 fully saturated rings. The number of hydrogen-bond acceptors (Lipinski definition) is 1. The van der Waals surface area contributed by atoms with E-state index in [9.17, 15) is 4.39 Å². The van der Waals surface area contributed by atoms with Crippen LogP contribution in [0.2, 0.25) is 0 Å². The Balaban J connectivity index is 1.76. The predicted octanol–water partition coefficient (Wildman–Crippen LogP) is 1.74. The van der Waals surface area contributed by atoms with Crippen molar-refractivity contribution in [3.63, 3.8) is 0 Å². The van der Waals surface area contributed by atoms with Gasteiger partial charge in [0.1, 0.15) is 0 Å². The van der Waals surface area contributed by atoms with Gasteiger partial charge in [0.15, 0.2) is 0 Å². The predicted molar refractivity (Wildman–Crippen MR) is 40.8 cm³/mol. The van der Waals surface area contributed by atoms with E-state index >= 15 is 0 Å². The van der Waals surface area contributed by atoms with Gasteiger partial charge in [-0.25, -0.2) is 0 Å². The molecule has 0 spiro atoms. The fraction of sp³-hybridized carbons (Fsp3) is 1.00.